The molecule has 0 aliphatic carbocycles. The van der Waals surface area contributed by atoms with Crippen molar-refractivity contribution in [2.45, 2.75) is 0 Å². The molecule has 0 amide bonds. The van der Waals surface area contributed by atoms with E-state index in [2.05, 4.69) is 20.5 Å². The number of rotatable bonds is 2. The molecule has 0 unspecified atom stereocenters. The van der Waals surface area contributed by atoms with Crippen molar-refractivity contribution in [1.29, 1.82) is 0 Å². The van der Waals surface area contributed by atoms with Crippen molar-refractivity contribution >= 4 is 11.5 Å². The highest BCUT2D eigenvalue weighted by Gasteiger charge is 2.10. The van der Waals surface area contributed by atoms with E-state index in [0.717, 1.165) is 4.88 Å². The van der Waals surface area contributed by atoms with Gasteiger partial charge in [-0.05, 0) is 17.6 Å². The van der Waals surface area contributed by atoms with Crippen LogP contribution in [0.15, 0.2) is 18.5 Å². The molecule has 2 rings (SSSR count). The van der Waals surface area contributed by atoms with Crippen molar-refractivity contribution in [2.24, 2.45) is 0 Å². The first-order valence-electron chi connectivity index (χ1n) is 3.60. The van der Waals surface area contributed by atoms with Crippen LogP contribution in [0.3, 0.4) is 0 Å². The predicted molar refractivity (Wildman–Crippen MR) is 48.5 cm³/mol. The van der Waals surface area contributed by atoms with Gasteiger partial charge >= 0.3 is 0 Å². The molecular weight excluding hydrogens is 186 g/mol. The number of hydrogen-bond acceptors (Lipinski definition) is 5. The van der Waals surface area contributed by atoms with E-state index in [1.807, 2.05) is 0 Å². The fraction of sp³-hybridized carbons (Fsp3) is 0.125. The summed E-state index contributed by atoms with van der Waals surface area (Å²) in [6, 6.07) is 1.76. The molecule has 0 atom stereocenters. The van der Waals surface area contributed by atoms with Gasteiger partial charge in [-0.3, -0.25) is 0 Å². The summed E-state index contributed by atoms with van der Waals surface area (Å²) in [7, 11) is 1.58. The van der Waals surface area contributed by atoms with Crippen LogP contribution in [0.1, 0.15) is 0 Å². The SMILES string of the molecule is COc1[c]nsc1-c1ncccn1. The number of methoxy groups -OCH3 is 1. The van der Waals surface area contributed by atoms with Gasteiger partial charge in [-0.25, -0.2) is 9.97 Å². The summed E-state index contributed by atoms with van der Waals surface area (Å²) in [5, 5.41) is 0. The molecule has 0 aromatic carbocycles. The molecule has 0 saturated carbocycles. The lowest BCUT2D eigenvalue weighted by Gasteiger charge is -1.97. The third kappa shape index (κ3) is 1.50. The fourth-order valence-electron chi connectivity index (χ4n) is 0.899. The summed E-state index contributed by atoms with van der Waals surface area (Å²) in [5.41, 5.74) is 0. The molecule has 0 fully saturated rings. The molecule has 0 aliphatic heterocycles. The predicted octanol–water partition coefficient (Wildman–Crippen LogP) is 1.41. The van der Waals surface area contributed by atoms with Gasteiger partial charge in [0, 0.05) is 12.4 Å². The van der Waals surface area contributed by atoms with Crippen LogP contribution in [0.25, 0.3) is 10.7 Å². The Balaban J connectivity index is 2.47. The molecule has 0 saturated heterocycles. The van der Waals surface area contributed by atoms with Crippen LogP contribution in [0.5, 0.6) is 5.75 Å². The lowest BCUT2D eigenvalue weighted by atomic mass is 10.4. The quantitative estimate of drug-likeness (QED) is 0.721. The smallest absolute Gasteiger partial charge is 0.174 e. The van der Waals surface area contributed by atoms with Crippen molar-refractivity contribution in [3.63, 3.8) is 0 Å². The van der Waals surface area contributed by atoms with E-state index in [-0.39, 0.29) is 0 Å². The van der Waals surface area contributed by atoms with Gasteiger partial charge in [0.2, 0.25) is 0 Å². The van der Waals surface area contributed by atoms with Gasteiger partial charge in [0.1, 0.15) is 4.88 Å². The van der Waals surface area contributed by atoms with E-state index in [0.29, 0.717) is 11.6 Å². The van der Waals surface area contributed by atoms with Gasteiger partial charge < -0.3 is 4.74 Å². The maximum Gasteiger partial charge on any atom is 0.174 e. The van der Waals surface area contributed by atoms with Crippen LogP contribution in [-0.2, 0) is 0 Å². The lowest BCUT2D eigenvalue weighted by Crippen LogP contribution is -1.87. The average Bonchev–Trinajstić information content (AvgIpc) is 2.67. The summed E-state index contributed by atoms with van der Waals surface area (Å²) >= 11 is 1.27. The highest BCUT2D eigenvalue weighted by Crippen LogP contribution is 2.29. The van der Waals surface area contributed by atoms with E-state index >= 15 is 0 Å². The normalized spacial score (nSPS) is 9.92. The van der Waals surface area contributed by atoms with E-state index in [1.165, 1.54) is 11.5 Å². The zero-order chi connectivity index (χ0) is 9.10. The van der Waals surface area contributed by atoms with Crippen molar-refractivity contribution in [2.75, 3.05) is 7.11 Å². The maximum atomic E-state index is 5.05. The molecule has 1 radical (unpaired) electrons. The minimum Gasteiger partial charge on any atom is -0.493 e. The van der Waals surface area contributed by atoms with Crippen molar-refractivity contribution in [1.82, 2.24) is 14.3 Å². The second kappa shape index (κ2) is 3.49. The molecule has 0 aliphatic rings. The molecule has 2 heterocycles. The molecule has 2 aromatic heterocycles. The second-order valence-corrected chi connectivity index (χ2v) is 3.00. The zero-order valence-electron chi connectivity index (χ0n) is 6.89. The summed E-state index contributed by atoms with van der Waals surface area (Å²) < 4.78 is 8.93. The van der Waals surface area contributed by atoms with E-state index in [4.69, 9.17) is 4.74 Å². The Bertz CT molecular complexity index is 387. The summed E-state index contributed by atoms with van der Waals surface area (Å²) in [5.74, 6) is 1.22. The van der Waals surface area contributed by atoms with Gasteiger partial charge in [-0.15, -0.1) is 0 Å². The number of ether oxygens (including phenoxy) is 1. The summed E-state index contributed by atoms with van der Waals surface area (Å²) in [6.45, 7) is 0. The standard InChI is InChI=1S/C8H6N3OS/c1-12-6-5-11-13-7(6)8-9-3-2-4-10-8/h2-4H,1H3. The van der Waals surface area contributed by atoms with Crippen molar-refractivity contribution in [3.8, 4) is 16.5 Å². The van der Waals surface area contributed by atoms with Crippen molar-refractivity contribution in [3.05, 3.63) is 24.7 Å². The van der Waals surface area contributed by atoms with Crippen LogP contribution in [-0.4, -0.2) is 21.5 Å². The second-order valence-electron chi connectivity index (χ2n) is 2.23. The van der Waals surface area contributed by atoms with Gasteiger partial charge in [0.25, 0.3) is 0 Å². The molecule has 0 N–H and O–H groups in total. The van der Waals surface area contributed by atoms with Crippen LogP contribution < -0.4 is 4.74 Å². The van der Waals surface area contributed by atoms with Gasteiger partial charge in [0.05, 0.1) is 7.11 Å². The number of nitrogens with zero attached hydrogens (tertiary/aromatic N) is 3. The minimum atomic E-state index is 0.594. The van der Waals surface area contributed by atoms with Crippen LogP contribution in [0.4, 0.5) is 0 Å². The Morgan fingerprint density at radius 1 is 1.38 bits per heavy atom. The summed E-state index contributed by atoms with van der Waals surface area (Å²) in [6.07, 6.45) is 6.08. The van der Waals surface area contributed by atoms with Gasteiger partial charge in [-0.1, -0.05) is 0 Å². The first-order chi connectivity index (χ1) is 6.42. The molecule has 4 nitrogen and oxygen atoms in total. The highest BCUT2D eigenvalue weighted by molar-refractivity contribution is 7.09. The Labute approximate surface area is 79.4 Å². The molecule has 0 bridgehead atoms. The average molecular weight is 192 g/mol. The lowest BCUT2D eigenvalue weighted by molar-refractivity contribution is 0.416. The zero-order valence-corrected chi connectivity index (χ0v) is 7.71. The molecule has 5 heteroatoms. The summed E-state index contributed by atoms with van der Waals surface area (Å²) in [4.78, 5) is 8.99. The maximum absolute atomic E-state index is 5.05. The van der Waals surface area contributed by atoms with Crippen LogP contribution >= 0.6 is 11.5 Å². The van der Waals surface area contributed by atoms with Gasteiger partial charge in [0.15, 0.2) is 17.8 Å². The Hall–Kier alpha value is -1.49. The Morgan fingerprint density at radius 3 is 2.85 bits per heavy atom. The van der Waals surface area contributed by atoms with E-state index in [1.54, 1.807) is 25.6 Å². The largest absolute Gasteiger partial charge is 0.493 e. The van der Waals surface area contributed by atoms with E-state index in [9.17, 15) is 0 Å². The van der Waals surface area contributed by atoms with Crippen LogP contribution in [0.2, 0.25) is 0 Å². The minimum absolute atomic E-state index is 0.594. The Kier molecular flexibility index (Phi) is 2.18. The first kappa shape index (κ1) is 8.12. The third-order valence-electron chi connectivity index (χ3n) is 1.46. The fourth-order valence-corrected chi connectivity index (χ4v) is 1.52. The van der Waals surface area contributed by atoms with Crippen LogP contribution in [0, 0.1) is 6.20 Å². The molecule has 0 spiro atoms. The van der Waals surface area contributed by atoms with Crippen molar-refractivity contribution < 1.29 is 4.74 Å². The number of hydrogen-bond donors (Lipinski definition) is 0. The third-order valence-corrected chi connectivity index (χ3v) is 2.20. The van der Waals surface area contributed by atoms with Gasteiger partial charge in [-0.2, -0.15) is 4.37 Å². The monoisotopic (exact) mass is 192 g/mol. The Morgan fingerprint density at radius 2 is 2.15 bits per heavy atom. The molecule has 13 heavy (non-hydrogen) atoms. The molecule has 65 valence electrons. The molecule has 2 aromatic rings. The molecular formula is C8H6N3OS. The number of aromatic nitrogens is 3. The first-order valence-corrected chi connectivity index (χ1v) is 4.38. The highest BCUT2D eigenvalue weighted by atomic mass is 32.1. The van der Waals surface area contributed by atoms with E-state index < -0.39 is 0 Å². The topological polar surface area (TPSA) is 47.9 Å².